The van der Waals surface area contributed by atoms with Gasteiger partial charge in [0.2, 0.25) is 0 Å². The van der Waals surface area contributed by atoms with E-state index in [1.807, 2.05) is 11.8 Å². The number of hydrogen-bond donors (Lipinski definition) is 2. The fourth-order valence-electron chi connectivity index (χ4n) is 2.55. The summed E-state index contributed by atoms with van der Waals surface area (Å²) in [6, 6.07) is 3.90. The number of thioether (sulfide) groups is 1. The van der Waals surface area contributed by atoms with Gasteiger partial charge < -0.3 is 15.5 Å². The summed E-state index contributed by atoms with van der Waals surface area (Å²) in [6.07, 6.45) is 1.14. The van der Waals surface area contributed by atoms with Gasteiger partial charge in [0.1, 0.15) is 0 Å². The molecular weight excluding hydrogens is 318 g/mol. The first-order valence-corrected chi connectivity index (χ1v) is 8.76. The van der Waals surface area contributed by atoms with Crippen molar-refractivity contribution in [2.45, 2.75) is 18.5 Å². The van der Waals surface area contributed by atoms with Gasteiger partial charge in [-0.25, -0.2) is 8.78 Å². The van der Waals surface area contributed by atoms with Crippen LogP contribution in [0.3, 0.4) is 0 Å². The quantitative estimate of drug-likeness (QED) is 0.635. The zero-order chi connectivity index (χ0) is 16.9. The fourth-order valence-corrected chi connectivity index (χ4v) is 4.10. The maximum atomic E-state index is 13.2. The van der Waals surface area contributed by atoms with Crippen LogP contribution in [0.25, 0.3) is 0 Å². The Kier molecular flexibility index (Phi) is 6.24. The third-order valence-electron chi connectivity index (χ3n) is 4.28. The molecule has 0 amide bonds. The standard InChI is InChI=1S/C16H24F2N4S/c1-19-15(20-9-12-4-5-13(17)14(18)8-12)21-10-16(22(2)3)6-7-23-11-16/h4-5,8H,6-7,9-11H2,1-3H3,(H2,19,20,21). The number of halogens is 2. The van der Waals surface area contributed by atoms with Crippen LogP contribution in [-0.4, -0.2) is 55.6 Å². The molecule has 0 radical (unpaired) electrons. The molecule has 1 aliphatic rings. The van der Waals surface area contributed by atoms with E-state index in [0.29, 0.717) is 18.1 Å². The van der Waals surface area contributed by atoms with Crippen molar-refractivity contribution in [1.82, 2.24) is 15.5 Å². The summed E-state index contributed by atoms with van der Waals surface area (Å²) in [4.78, 5) is 6.46. The first-order valence-electron chi connectivity index (χ1n) is 7.60. The van der Waals surface area contributed by atoms with Gasteiger partial charge in [0.05, 0.1) is 0 Å². The molecule has 1 unspecified atom stereocenters. The monoisotopic (exact) mass is 342 g/mol. The lowest BCUT2D eigenvalue weighted by atomic mass is 9.97. The van der Waals surface area contributed by atoms with E-state index in [0.717, 1.165) is 24.8 Å². The molecule has 1 fully saturated rings. The normalized spacial score (nSPS) is 21.7. The fraction of sp³-hybridized carbons (Fsp3) is 0.562. The molecule has 0 spiro atoms. The number of guanidine groups is 1. The molecule has 1 aromatic carbocycles. The number of nitrogens with zero attached hydrogens (tertiary/aromatic N) is 2. The van der Waals surface area contributed by atoms with Crippen molar-refractivity contribution in [3.63, 3.8) is 0 Å². The molecule has 2 N–H and O–H groups in total. The molecule has 23 heavy (non-hydrogen) atoms. The number of benzene rings is 1. The summed E-state index contributed by atoms with van der Waals surface area (Å²) in [7, 11) is 5.91. The van der Waals surface area contributed by atoms with Crippen LogP contribution >= 0.6 is 11.8 Å². The first kappa shape index (κ1) is 18.0. The lowest BCUT2D eigenvalue weighted by Gasteiger charge is -2.36. The summed E-state index contributed by atoms with van der Waals surface area (Å²) in [5, 5.41) is 6.48. The van der Waals surface area contributed by atoms with Crippen molar-refractivity contribution in [2.75, 3.05) is 39.2 Å². The highest BCUT2D eigenvalue weighted by molar-refractivity contribution is 7.99. The largest absolute Gasteiger partial charge is 0.355 e. The molecule has 0 aliphatic carbocycles. The Labute approximate surface area is 140 Å². The van der Waals surface area contributed by atoms with Crippen LogP contribution in [0.15, 0.2) is 23.2 Å². The van der Waals surface area contributed by atoms with Crippen molar-refractivity contribution >= 4 is 17.7 Å². The van der Waals surface area contributed by atoms with Gasteiger partial charge >= 0.3 is 0 Å². The van der Waals surface area contributed by atoms with Gasteiger partial charge in [-0.2, -0.15) is 11.8 Å². The Hall–Kier alpha value is -1.34. The average molecular weight is 342 g/mol. The molecule has 0 bridgehead atoms. The lowest BCUT2D eigenvalue weighted by molar-refractivity contribution is 0.183. The van der Waals surface area contributed by atoms with Crippen LogP contribution in [0.2, 0.25) is 0 Å². The highest BCUT2D eigenvalue weighted by atomic mass is 32.2. The van der Waals surface area contributed by atoms with Crippen LogP contribution in [-0.2, 0) is 6.54 Å². The smallest absolute Gasteiger partial charge is 0.191 e. The second-order valence-electron chi connectivity index (χ2n) is 5.95. The van der Waals surface area contributed by atoms with E-state index in [-0.39, 0.29) is 5.54 Å². The number of aliphatic imine (C=N–C) groups is 1. The van der Waals surface area contributed by atoms with Gasteiger partial charge in [-0.1, -0.05) is 6.07 Å². The Morgan fingerprint density at radius 1 is 1.30 bits per heavy atom. The van der Waals surface area contributed by atoms with Crippen molar-refractivity contribution in [3.8, 4) is 0 Å². The summed E-state index contributed by atoms with van der Waals surface area (Å²) in [5.41, 5.74) is 0.801. The van der Waals surface area contributed by atoms with Crippen LogP contribution in [0.1, 0.15) is 12.0 Å². The van der Waals surface area contributed by atoms with Gasteiger partial charge in [0.15, 0.2) is 17.6 Å². The van der Waals surface area contributed by atoms with E-state index in [9.17, 15) is 8.78 Å². The van der Waals surface area contributed by atoms with Crippen LogP contribution in [0.4, 0.5) is 8.78 Å². The Morgan fingerprint density at radius 2 is 2.09 bits per heavy atom. The predicted octanol–water partition coefficient (Wildman–Crippen LogP) is 2.07. The number of likely N-dealkylation sites (N-methyl/N-ethyl adjacent to an activating group) is 1. The zero-order valence-electron chi connectivity index (χ0n) is 13.8. The van der Waals surface area contributed by atoms with E-state index in [4.69, 9.17) is 0 Å². The van der Waals surface area contributed by atoms with Crippen molar-refractivity contribution in [1.29, 1.82) is 0 Å². The van der Waals surface area contributed by atoms with Crippen LogP contribution in [0, 0.1) is 11.6 Å². The molecule has 0 saturated carbocycles. The van der Waals surface area contributed by atoms with E-state index < -0.39 is 11.6 Å². The number of hydrogen-bond acceptors (Lipinski definition) is 3. The second kappa shape index (κ2) is 7.97. The summed E-state index contributed by atoms with van der Waals surface area (Å²) in [6.45, 7) is 1.19. The molecule has 1 saturated heterocycles. The van der Waals surface area contributed by atoms with Gasteiger partial charge in [-0.3, -0.25) is 4.99 Å². The molecule has 2 rings (SSSR count). The van der Waals surface area contributed by atoms with E-state index >= 15 is 0 Å². The van der Waals surface area contributed by atoms with E-state index in [1.54, 1.807) is 13.1 Å². The van der Waals surface area contributed by atoms with Gasteiger partial charge in [0, 0.05) is 31.4 Å². The van der Waals surface area contributed by atoms with E-state index in [1.165, 1.54) is 11.8 Å². The average Bonchev–Trinajstić information content (AvgIpc) is 3.01. The van der Waals surface area contributed by atoms with Crippen molar-refractivity contribution < 1.29 is 8.78 Å². The minimum Gasteiger partial charge on any atom is -0.355 e. The summed E-state index contributed by atoms with van der Waals surface area (Å²) >= 11 is 1.96. The highest BCUT2D eigenvalue weighted by Crippen LogP contribution is 2.31. The minimum absolute atomic E-state index is 0.129. The highest BCUT2D eigenvalue weighted by Gasteiger charge is 2.36. The molecule has 128 valence electrons. The number of rotatable bonds is 5. The molecule has 7 heteroatoms. The van der Waals surface area contributed by atoms with E-state index in [2.05, 4.69) is 34.6 Å². The topological polar surface area (TPSA) is 39.7 Å². The van der Waals surface area contributed by atoms with Gasteiger partial charge in [0.25, 0.3) is 0 Å². The summed E-state index contributed by atoms with van der Waals surface area (Å²) < 4.78 is 26.2. The Bertz CT molecular complexity index is 557. The van der Waals surface area contributed by atoms with Gasteiger partial charge in [-0.05, 0) is 44.0 Å². The van der Waals surface area contributed by atoms with Crippen LogP contribution < -0.4 is 10.6 Å². The molecule has 1 atom stereocenters. The maximum Gasteiger partial charge on any atom is 0.191 e. The molecule has 0 aromatic heterocycles. The van der Waals surface area contributed by atoms with Crippen LogP contribution in [0.5, 0.6) is 0 Å². The van der Waals surface area contributed by atoms with Crippen molar-refractivity contribution in [2.24, 2.45) is 4.99 Å². The summed E-state index contributed by atoms with van der Waals surface area (Å²) in [5.74, 6) is 1.26. The first-order chi connectivity index (χ1) is 11.0. The number of nitrogens with one attached hydrogen (secondary N) is 2. The molecule has 1 aromatic rings. The minimum atomic E-state index is -0.832. The Balaban J connectivity index is 1.89. The van der Waals surface area contributed by atoms with Gasteiger partial charge in [-0.15, -0.1) is 0 Å². The molecule has 4 nitrogen and oxygen atoms in total. The second-order valence-corrected chi connectivity index (χ2v) is 7.05. The molecular formula is C16H24F2N4S. The predicted molar refractivity (Wildman–Crippen MR) is 92.9 cm³/mol. The third kappa shape index (κ3) is 4.57. The van der Waals surface area contributed by atoms with Crippen molar-refractivity contribution in [3.05, 3.63) is 35.4 Å². The maximum absolute atomic E-state index is 13.2. The zero-order valence-corrected chi connectivity index (χ0v) is 14.6. The molecule has 1 heterocycles. The third-order valence-corrected chi connectivity index (χ3v) is 5.52. The SMILES string of the molecule is CN=C(NCc1ccc(F)c(F)c1)NCC1(N(C)C)CCSC1. The lowest BCUT2D eigenvalue weighted by Crippen LogP contribution is -2.54. The molecule has 1 aliphatic heterocycles. The Morgan fingerprint density at radius 3 is 2.65 bits per heavy atom.